The summed E-state index contributed by atoms with van der Waals surface area (Å²) in [5, 5.41) is 17.5. The van der Waals surface area contributed by atoms with E-state index in [-0.39, 0.29) is 11.8 Å². The summed E-state index contributed by atoms with van der Waals surface area (Å²) in [4.78, 5) is 23.0. The molecule has 0 bridgehead atoms. The molecule has 94 valence electrons. The fraction of sp³-hybridized carbons (Fsp3) is 0.818. The minimum atomic E-state index is -1.09. The summed E-state index contributed by atoms with van der Waals surface area (Å²) in [6, 6.07) is -0.945. The summed E-state index contributed by atoms with van der Waals surface area (Å²) in [6.07, 6.45) is 0.461. The number of carbonyl (C=O) groups is 2. The second kappa shape index (κ2) is 5.84. The van der Waals surface area contributed by atoms with Gasteiger partial charge in [-0.3, -0.25) is 14.5 Å². The lowest BCUT2D eigenvalue weighted by molar-refractivity contribution is -0.149. The van der Waals surface area contributed by atoms with Crippen molar-refractivity contribution in [3.05, 3.63) is 0 Å². The van der Waals surface area contributed by atoms with Crippen LogP contribution in [0.3, 0.4) is 0 Å². The number of carboxylic acid groups (broad SMARTS) is 2. The Hall–Kier alpha value is -1.10. The molecule has 1 atom stereocenters. The largest absolute Gasteiger partial charge is 0.481 e. The lowest BCUT2D eigenvalue weighted by Gasteiger charge is -2.27. The molecule has 0 amide bonds. The van der Waals surface area contributed by atoms with Crippen LogP contribution in [0.1, 0.15) is 33.6 Å². The minimum absolute atomic E-state index is 0.112. The zero-order chi connectivity index (χ0) is 12.9. The van der Waals surface area contributed by atoms with Gasteiger partial charge in [-0.15, -0.1) is 0 Å². The second-order valence-electron chi connectivity index (χ2n) is 5.24. The number of carboxylic acids is 2. The van der Waals surface area contributed by atoms with Gasteiger partial charge >= 0.3 is 11.9 Å². The first-order chi connectivity index (χ1) is 7.13. The zero-order valence-corrected chi connectivity index (χ0v) is 10.4. The maximum Gasteiger partial charge on any atom is 0.321 e. The molecule has 0 heterocycles. The maximum absolute atomic E-state index is 10.9. The molecule has 0 aromatic rings. The van der Waals surface area contributed by atoms with E-state index in [0.717, 1.165) is 6.42 Å². The van der Waals surface area contributed by atoms with Gasteiger partial charge in [-0.2, -0.15) is 0 Å². The first-order valence-corrected chi connectivity index (χ1v) is 5.28. The highest BCUT2D eigenvalue weighted by atomic mass is 16.4. The van der Waals surface area contributed by atoms with Crippen LogP contribution in [0.2, 0.25) is 0 Å². The van der Waals surface area contributed by atoms with Gasteiger partial charge in [-0.1, -0.05) is 20.8 Å². The molecule has 0 aliphatic rings. The molecular formula is C11H21NO4. The van der Waals surface area contributed by atoms with Crippen LogP contribution in [0.15, 0.2) is 0 Å². The molecule has 0 aliphatic heterocycles. The monoisotopic (exact) mass is 231 g/mol. The van der Waals surface area contributed by atoms with Gasteiger partial charge in [0.2, 0.25) is 0 Å². The highest BCUT2D eigenvalue weighted by molar-refractivity contribution is 5.80. The van der Waals surface area contributed by atoms with Gasteiger partial charge in [0.1, 0.15) is 6.04 Å². The zero-order valence-electron chi connectivity index (χ0n) is 10.4. The molecule has 2 N–H and O–H groups in total. The van der Waals surface area contributed by atoms with Crippen molar-refractivity contribution in [1.29, 1.82) is 0 Å². The first-order valence-electron chi connectivity index (χ1n) is 5.28. The van der Waals surface area contributed by atoms with Crippen LogP contribution in [-0.4, -0.2) is 46.7 Å². The second-order valence-corrected chi connectivity index (χ2v) is 5.24. The van der Waals surface area contributed by atoms with Gasteiger partial charge in [0, 0.05) is 0 Å². The van der Waals surface area contributed by atoms with Crippen molar-refractivity contribution in [3.8, 4) is 0 Å². The van der Waals surface area contributed by atoms with E-state index in [1.807, 2.05) is 0 Å². The predicted octanol–water partition coefficient (Wildman–Crippen LogP) is 1.28. The first kappa shape index (κ1) is 14.9. The van der Waals surface area contributed by atoms with Crippen LogP contribution in [0.4, 0.5) is 0 Å². The van der Waals surface area contributed by atoms with Crippen LogP contribution in [-0.2, 0) is 9.59 Å². The number of hydrogen-bond donors (Lipinski definition) is 2. The van der Waals surface area contributed by atoms with Crippen LogP contribution in [0, 0.1) is 5.41 Å². The van der Waals surface area contributed by atoms with Gasteiger partial charge < -0.3 is 10.2 Å². The lowest BCUT2D eigenvalue weighted by atomic mass is 9.92. The van der Waals surface area contributed by atoms with E-state index in [0.29, 0.717) is 6.54 Å². The normalized spacial score (nSPS) is 13.8. The van der Waals surface area contributed by atoms with Crippen molar-refractivity contribution >= 4 is 11.9 Å². The number of aliphatic carboxylic acids is 2. The van der Waals surface area contributed by atoms with Crippen molar-refractivity contribution in [1.82, 2.24) is 4.90 Å². The third-order valence-electron chi connectivity index (χ3n) is 2.40. The number of nitrogens with zero attached hydrogens (tertiary/aromatic N) is 1. The Morgan fingerprint density at radius 2 is 1.75 bits per heavy atom. The highest BCUT2D eigenvalue weighted by Crippen LogP contribution is 2.19. The fourth-order valence-corrected chi connectivity index (χ4v) is 1.26. The van der Waals surface area contributed by atoms with Crippen molar-refractivity contribution in [2.24, 2.45) is 5.41 Å². The summed E-state index contributed by atoms with van der Waals surface area (Å²) < 4.78 is 0. The molecule has 16 heavy (non-hydrogen) atoms. The molecule has 0 radical (unpaired) electrons. The molecule has 0 aromatic heterocycles. The summed E-state index contributed by atoms with van der Waals surface area (Å²) in [7, 11) is 1.65. The van der Waals surface area contributed by atoms with E-state index >= 15 is 0 Å². The summed E-state index contributed by atoms with van der Waals surface area (Å²) >= 11 is 0. The predicted molar refractivity (Wildman–Crippen MR) is 60.4 cm³/mol. The topological polar surface area (TPSA) is 77.8 Å². The molecule has 5 heteroatoms. The fourth-order valence-electron chi connectivity index (χ4n) is 1.26. The number of hydrogen-bond acceptors (Lipinski definition) is 3. The average Bonchev–Trinajstić information content (AvgIpc) is 2.08. The molecule has 5 nitrogen and oxygen atoms in total. The van der Waals surface area contributed by atoms with Crippen LogP contribution < -0.4 is 0 Å². The van der Waals surface area contributed by atoms with Gasteiger partial charge in [0.15, 0.2) is 0 Å². The van der Waals surface area contributed by atoms with Gasteiger partial charge in [-0.25, -0.2) is 0 Å². The lowest BCUT2D eigenvalue weighted by Crippen LogP contribution is -2.41. The Balaban J connectivity index is 4.33. The minimum Gasteiger partial charge on any atom is -0.481 e. The van der Waals surface area contributed by atoms with E-state index in [1.54, 1.807) is 11.9 Å². The van der Waals surface area contributed by atoms with E-state index in [4.69, 9.17) is 10.2 Å². The molecule has 0 spiro atoms. The van der Waals surface area contributed by atoms with Crippen molar-refractivity contribution < 1.29 is 19.8 Å². The standard InChI is InChI=1S/C11H21NO4/c1-11(2,3)5-6-12(4)8(10(15)16)7-9(13)14/h8H,5-7H2,1-4H3,(H,13,14)(H,15,16). The molecule has 0 fully saturated rings. The Labute approximate surface area is 96.1 Å². The molecule has 0 saturated heterocycles. The third kappa shape index (κ3) is 6.40. The average molecular weight is 231 g/mol. The Kier molecular flexibility index (Phi) is 5.44. The van der Waals surface area contributed by atoms with Crippen LogP contribution in [0.25, 0.3) is 0 Å². The van der Waals surface area contributed by atoms with Gasteiger partial charge in [-0.05, 0) is 25.4 Å². The SMILES string of the molecule is CN(CCC(C)(C)C)C(CC(=O)O)C(=O)O. The summed E-state index contributed by atoms with van der Waals surface area (Å²) in [5.41, 5.74) is 0.112. The molecule has 1 unspecified atom stereocenters. The maximum atomic E-state index is 10.9. The third-order valence-corrected chi connectivity index (χ3v) is 2.40. The van der Waals surface area contributed by atoms with Crippen molar-refractivity contribution in [2.75, 3.05) is 13.6 Å². The Bertz CT molecular complexity index is 257. The van der Waals surface area contributed by atoms with Crippen LogP contribution >= 0.6 is 0 Å². The van der Waals surface area contributed by atoms with Gasteiger partial charge in [0.25, 0.3) is 0 Å². The summed E-state index contributed by atoms with van der Waals surface area (Å²) in [5.74, 6) is -2.17. The van der Waals surface area contributed by atoms with Crippen molar-refractivity contribution in [3.63, 3.8) is 0 Å². The van der Waals surface area contributed by atoms with Crippen molar-refractivity contribution in [2.45, 2.75) is 39.7 Å². The van der Waals surface area contributed by atoms with E-state index in [9.17, 15) is 9.59 Å². The molecule has 0 rings (SSSR count). The van der Waals surface area contributed by atoms with Crippen LogP contribution in [0.5, 0.6) is 0 Å². The Morgan fingerprint density at radius 1 is 1.25 bits per heavy atom. The highest BCUT2D eigenvalue weighted by Gasteiger charge is 2.26. The quantitative estimate of drug-likeness (QED) is 0.720. The molecule has 0 saturated carbocycles. The molecule has 0 aliphatic carbocycles. The Morgan fingerprint density at radius 3 is 2.06 bits per heavy atom. The summed E-state index contributed by atoms with van der Waals surface area (Å²) in [6.45, 7) is 6.77. The number of likely N-dealkylation sites (N-methyl/N-ethyl adjacent to an activating group) is 1. The number of rotatable bonds is 6. The van der Waals surface area contributed by atoms with Gasteiger partial charge in [0.05, 0.1) is 6.42 Å². The molecule has 0 aromatic carbocycles. The van der Waals surface area contributed by atoms with E-state index < -0.39 is 18.0 Å². The van der Waals surface area contributed by atoms with E-state index in [2.05, 4.69) is 20.8 Å². The molecular weight excluding hydrogens is 210 g/mol. The van der Waals surface area contributed by atoms with E-state index in [1.165, 1.54) is 0 Å². The smallest absolute Gasteiger partial charge is 0.321 e.